The monoisotopic (exact) mass is 529 g/mol. The number of sulfonamides is 1. The van der Waals surface area contributed by atoms with Gasteiger partial charge in [0.2, 0.25) is 0 Å². The number of hydrogen-bond acceptors (Lipinski definition) is 4. The summed E-state index contributed by atoms with van der Waals surface area (Å²) in [6.45, 7) is 1.78. The zero-order valence-corrected chi connectivity index (χ0v) is 20.7. The van der Waals surface area contributed by atoms with Gasteiger partial charge in [0.25, 0.3) is 10.0 Å². The van der Waals surface area contributed by atoms with Gasteiger partial charge in [-0.2, -0.15) is 0 Å². The number of benzene rings is 3. The number of carbonyl (C=O) groups excluding carboxylic acids is 1. The van der Waals surface area contributed by atoms with Crippen LogP contribution in [-0.2, 0) is 10.0 Å². The van der Waals surface area contributed by atoms with Gasteiger partial charge in [0, 0.05) is 11.4 Å². The highest BCUT2D eigenvalue weighted by Gasteiger charge is 2.16. The molecule has 3 aromatic carbocycles. The van der Waals surface area contributed by atoms with E-state index in [9.17, 15) is 13.2 Å². The maximum atomic E-state index is 12.8. The number of aromatic amines is 1. The van der Waals surface area contributed by atoms with Crippen LogP contribution >= 0.6 is 23.2 Å². The quantitative estimate of drug-likeness (QED) is 0.232. The molecule has 35 heavy (non-hydrogen) atoms. The summed E-state index contributed by atoms with van der Waals surface area (Å²) in [6.07, 6.45) is 3.26. The number of amides is 2. The molecular formula is C24H21Cl2N5O3S. The van der Waals surface area contributed by atoms with Crippen molar-refractivity contribution in [3.05, 3.63) is 94.9 Å². The summed E-state index contributed by atoms with van der Waals surface area (Å²) in [7, 11) is -3.81. The van der Waals surface area contributed by atoms with Gasteiger partial charge in [-0.25, -0.2) is 18.2 Å². The maximum Gasteiger partial charge on any atom is 0.319 e. The standard InChI is InChI=1S/C24H21Cl2N5O3S/c1-15(20-3-2-4-21(25)23(20)26)29-24(32)30-17-9-11-19(12-10-17)35(33,34)31-18-7-5-16(6-8-18)22-13-27-14-28-22/h2-15,31H,1H3,(H,27,28)(H2,29,30,32)/t15-/m0/s1. The molecule has 0 aliphatic rings. The summed E-state index contributed by atoms with van der Waals surface area (Å²) >= 11 is 12.2. The number of halogens is 2. The number of aromatic nitrogens is 2. The Bertz CT molecular complexity index is 1430. The second kappa shape index (κ2) is 10.4. The van der Waals surface area contributed by atoms with E-state index in [4.69, 9.17) is 23.2 Å². The third-order valence-electron chi connectivity index (χ3n) is 5.16. The van der Waals surface area contributed by atoms with E-state index in [2.05, 4.69) is 25.3 Å². The SMILES string of the molecule is C[C@H](NC(=O)Nc1ccc(S(=O)(=O)Nc2ccc(-c3cnc[nH]3)cc2)cc1)c1cccc(Cl)c1Cl. The van der Waals surface area contributed by atoms with E-state index in [0.29, 0.717) is 27.0 Å². The molecule has 8 nitrogen and oxygen atoms in total. The zero-order valence-electron chi connectivity index (χ0n) is 18.4. The number of nitrogens with zero attached hydrogens (tertiary/aromatic N) is 1. The van der Waals surface area contributed by atoms with Gasteiger partial charge in [-0.3, -0.25) is 4.72 Å². The second-order valence-corrected chi connectivity index (χ2v) is 10.1. The molecule has 180 valence electrons. The minimum atomic E-state index is -3.81. The van der Waals surface area contributed by atoms with Gasteiger partial charge in [0.15, 0.2) is 0 Å². The molecular weight excluding hydrogens is 509 g/mol. The van der Waals surface area contributed by atoms with E-state index in [-0.39, 0.29) is 4.90 Å². The van der Waals surface area contributed by atoms with E-state index < -0.39 is 22.1 Å². The maximum absolute atomic E-state index is 12.8. The molecule has 1 atom stereocenters. The number of carbonyl (C=O) groups is 1. The zero-order chi connectivity index (χ0) is 25.0. The van der Waals surface area contributed by atoms with Gasteiger partial charge < -0.3 is 15.6 Å². The number of rotatable bonds is 7. The number of imidazole rings is 1. The normalized spacial score (nSPS) is 12.1. The van der Waals surface area contributed by atoms with Crippen LogP contribution in [0.4, 0.5) is 16.2 Å². The summed E-state index contributed by atoms with van der Waals surface area (Å²) in [5, 5.41) is 6.23. The Kier molecular flexibility index (Phi) is 7.30. The highest BCUT2D eigenvalue weighted by Crippen LogP contribution is 2.30. The van der Waals surface area contributed by atoms with Crippen molar-refractivity contribution in [1.82, 2.24) is 15.3 Å². The van der Waals surface area contributed by atoms with Crippen molar-refractivity contribution in [3.63, 3.8) is 0 Å². The van der Waals surface area contributed by atoms with Crippen LogP contribution < -0.4 is 15.4 Å². The van der Waals surface area contributed by atoms with Gasteiger partial charge in [-0.1, -0.05) is 47.5 Å². The van der Waals surface area contributed by atoms with E-state index in [0.717, 1.165) is 11.3 Å². The fraction of sp³-hybridized carbons (Fsp3) is 0.0833. The first-order valence-corrected chi connectivity index (χ1v) is 12.7. The minimum absolute atomic E-state index is 0.0557. The van der Waals surface area contributed by atoms with Crippen LogP contribution in [0.5, 0.6) is 0 Å². The largest absolute Gasteiger partial charge is 0.345 e. The first-order valence-electron chi connectivity index (χ1n) is 10.5. The van der Waals surface area contributed by atoms with Crippen LogP contribution in [-0.4, -0.2) is 24.4 Å². The highest BCUT2D eigenvalue weighted by atomic mass is 35.5. The van der Waals surface area contributed by atoms with Crippen LogP contribution in [0.3, 0.4) is 0 Å². The van der Waals surface area contributed by atoms with Gasteiger partial charge in [-0.05, 0) is 60.5 Å². The second-order valence-electron chi connectivity index (χ2n) is 7.64. The lowest BCUT2D eigenvalue weighted by atomic mass is 10.1. The van der Waals surface area contributed by atoms with Crippen molar-refractivity contribution in [3.8, 4) is 11.3 Å². The first-order chi connectivity index (χ1) is 16.7. The molecule has 4 rings (SSSR count). The number of anilines is 2. The molecule has 2 amide bonds. The average Bonchev–Trinajstić information content (AvgIpc) is 3.36. The fourth-order valence-corrected chi connectivity index (χ4v) is 4.89. The smallest absolute Gasteiger partial charge is 0.319 e. The van der Waals surface area contributed by atoms with E-state index in [1.54, 1.807) is 61.9 Å². The Morgan fingerprint density at radius 1 is 0.971 bits per heavy atom. The molecule has 0 aliphatic carbocycles. The Morgan fingerprint density at radius 2 is 1.66 bits per heavy atom. The van der Waals surface area contributed by atoms with Gasteiger partial charge in [0.05, 0.1) is 39.2 Å². The molecule has 4 N–H and O–H groups in total. The summed E-state index contributed by atoms with van der Waals surface area (Å²) in [4.78, 5) is 19.4. The van der Waals surface area contributed by atoms with Crippen molar-refractivity contribution < 1.29 is 13.2 Å². The molecule has 0 saturated heterocycles. The summed E-state index contributed by atoms with van der Waals surface area (Å²) in [6, 6.07) is 17.1. The van der Waals surface area contributed by atoms with E-state index in [1.807, 2.05) is 0 Å². The third-order valence-corrected chi connectivity index (χ3v) is 7.40. The molecule has 0 aliphatic heterocycles. The van der Waals surface area contributed by atoms with Crippen LogP contribution in [0.25, 0.3) is 11.3 Å². The average molecular weight is 530 g/mol. The molecule has 0 radical (unpaired) electrons. The molecule has 0 bridgehead atoms. The topological polar surface area (TPSA) is 116 Å². The summed E-state index contributed by atoms with van der Waals surface area (Å²) in [5.74, 6) is 0. The predicted molar refractivity (Wildman–Crippen MR) is 138 cm³/mol. The van der Waals surface area contributed by atoms with Crippen LogP contribution in [0, 0.1) is 0 Å². The van der Waals surface area contributed by atoms with E-state index in [1.165, 1.54) is 24.3 Å². The number of urea groups is 1. The van der Waals surface area contributed by atoms with Crippen molar-refractivity contribution in [2.24, 2.45) is 0 Å². The Hall–Kier alpha value is -3.53. The Balaban J connectivity index is 1.37. The third kappa shape index (κ3) is 5.94. The summed E-state index contributed by atoms with van der Waals surface area (Å²) in [5.41, 5.74) is 3.24. The molecule has 0 saturated carbocycles. The Labute approximate surface area is 212 Å². The lowest BCUT2D eigenvalue weighted by Gasteiger charge is -2.17. The van der Waals surface area contributed by atoms with Crippen LogP contribution in [0.2, 0.25) is 10.0 Å². The minimum Gasteiger partial charge on any atom is -0.345 e. The van der Waals surface area contributed by atoms with Gasteiger partial charge in [0.1, 0.15) is 0 Å². The predicted octanol–water partition coefficient (Wildman–Crippen LogP) is 6.07. The fourth-order valence-electron chi connectivity index (χ4n) is 3.36. The molecule has 11 heteroatoms. The highest BCUT2D eigenvalue weighted by molar-refractivity contribution is 7.92. The number of hydrogen-bond donors (Lipinski definition) is 4. The van der Waals surface area contributed by atoms with Gasteiger partial charge in [-0.15, -0.1) is 0 Å². The lowest BCUT2D eigenvalue weighted by Crippen LogP contribution is -2.31. The van der Waals surface area contributed by atoms with Crippen molar-refractivity contribution >= 4 is 50.6 Å². The van der Waals surface area contributed by atoms with Crippen molar-refractivity contribution in [2.45, 2.75) is 17.9 Å². The van der Waals surface area contributed by atoms with Gasteiger partial charge >= 0.3 is 6.03 Å². The molecule has 4 aromatic rings. The van der Waals surface area contributed by atoms with Crippen LogP contribution in [0.15, 0.2) is 84.1 Å². The first kappa shape index (κ1) is 24.6. The lowest BCUT2D eigenvalue weighted by molar-refractivity contribution is 0.249. The van der Waals surface area contributed by atoms with Crippen molar-refractivity contribution in [1.29, 1.82) is 0 Å². The molecule has 0 spiro atoms. The number of nitrogens with one attached hydrogen (secondary N) is 4. The summed E-state index contributed by atoms with van der Waals surface area (Å²) < 4.78 is 28.1. The molecule has 0 unspecified atom stereocenters. The van der Waals surface area contributed by atoms with Crippen molar-refractivity contribution in [2.75, 3.05) is 10.0 Å². The van der Waals surface area contributed by atoms with Crippen LogP contribution in [0.1, 0.15) is 18.5 Å². The number of H-pyrrole nitrogens is 1. The Morgan fingerprint density at radius 3 is 2.31 bits per heavy atom. The molecule has 1 aromatic heterocycles. The molecule has 0 fully saturated rings. The van der Waals surface area contributed by atoms with E-state index >= 15 is 0 Å². The molecule has 1 heterocycles.